The van der Waals surface area contributed by atoms with Crippen LogP contribution in [0.1, 0.15) is 78.1 Å². The van der Waals surface area contributed by atoms with E-state index in [-0.39, 0.29) is 0 Å². The first-order chi connectivity index (χ1) is 9.27. The molecule has 1 saturated carbocycles. The summed E-state index contributed by atoms with van der Waals surface area (Å²) in [6.45, 7) is 5.81. The largest absolute Gasteiger partial charge is 0.320 e. The van der Waals surface area contributed by atoms with E-state index < -0.39 is 0 Å². The molecule has 0 radical (unpaired) electrons. The van der Waals surface area contributed by atoms with Crippen molar-refractivity contribution in [1.82, 2.24) is 10.6 Å². The molecule has 2 N–H and O–H groups in total. The summed E-state index contributed by atoms with van der Waals surface area (Å²) in [6, 6.07) is 1.47. The van der Waals surface area contributed by atoms with Gasteiger partial charge in [0.25, 0.3) is 0 Å². The van der Waals surface area contributed by atoms with E-state index in [1.807, 2.05) is 0 Å². The second-order valence-electron chi connectivity index (χ2n) is 6.43. The van der Waals surface area contributed by atoms with Crippen LogP contribution in [0.15, 0.2) is 0 Å². The van der Waals surface area contributed by atoms with Gasteiger partial charge in [0.15, 0.2) is 0 Å². The van der Waals surface area contributed by atoms with Gasteiger partial charge in [0.1, 0.15) is 0 Å². The van der Waals surface area contributed by atoms with E-state index in [0.29, 0.717) is 6.04 Å². The average Bonchev–Trinajstić information content (AvgIpc) is 2.46. The zero-order valence-electron chi connectivity index (χ0n) is 13.5. The molecule has 19 heavy (non-hydrogen) atoms. The van der Waals surface area contributed by atoms with Gasteiger partial charge in [-0.2, -0.15) is 0 Å². The molecule has 0 aromatic rings. The Kier molecular flexibility index (Phi) is 9.54. The zero-order valence-corrected chi connectivity index (χ0v) is 13.5. The maximum absolute atomic E-state index is 3.91. The van der Waals surface area contributed by atoms with Crippen LogP contribution >= 0.6 is 0 Å². The minimum absolute atomic E-state index is 0.684. The highest BCUT2D eigenvalue weighted by atomic mass is 14.9. The first kappa shape index (κ1) is 17.0. The van der Waals surface area contributed by atoms with Crippen LogP contribution in [0.2, 0.25) is 0 Å². The molecule has 1 fully saturated rings. The predicted octanol–water partition coefficient (Wildman–Crippen LogP) is 4.10. The summed E-state index contributed by atoms with van der Waals surface area (Å²) >= 11 is 0. The standard InChI is InChI=1S/C17H36N2/c1-4-15(2)19-17(13-9-6-10-14-18-3)16-11-7-5-8-12-16/h15-19H,4-14H2,1-3H3. The summed E-state index contributed by atoms with van der Waals surface area (Å²) in [5.74, 6) is 0.951. The molecule has 0 heterocycles. The van der Waals surface area contributed by atoms with Crippen LogP contribution in [0.25, 0.3) is 0 Å². The van der Waals surface area contributed by atoms with Gasteiger partial charge >= 0.3 is 0 Å². The molecule has 1 aliphatic rings. The first-order valence-corrected chi connectivity index (χ1v) is 8.68. The molecule has 0 amide bonds. The Balaban J connectivity index is 2.30. The summed E-state index contributed by atoms with van der Waals surface area (Å²) < 4.78 is 0. The van der Waals surface area contributed by atoms with Crippen molar-refractivity contribution in [1.29, 1.82) is 0 Å². The molecule has 0 aromatic carbocycles. The fraction of sp³-hybridized carbons (Fsp3) is 1.00. The molecule has 2 unspecified atom stereocenters. The molecule has 1 aliphatic carbocycles. The number of hydrogen-bond donors (Lipinski definition) is 2. The Morgan fingerprint density at radius 1 is 1.05 bits per heavy atom. The summed E-state index contributed by atoms with van der Waals surface area (Å²) in [5, 5.41) is 7.16. The highest BCUT2D eigenvalue weighted by molar-refractivity contribution is 4.81. The van der Waals surface area contributed by atoms with E-state index in [0.717, 1.165) is 12.0 Å². The maximum atomic E-state index is 3.91. The SMILES string of the molecule is CCC(C)NC(CCCCCNC)C1CCCCC1. The quantitative estimate of drug-likeness (QED) is 0.583. The van der Waals surface area contributed by atoms with Gasteiger partial charge in [-0.05, 0) is 58.5 Å². The number of unbranched alkanes of at least 4 members (excludes halogenated alkanes) is 2. The molecule has 0 aromatic heterocycles. The highest BCUT2D eigenvalue weighted by Gasteiger charge is 2.23. The van der Waals surface area contributed by atoms with E-state index in [4.69, 9.17) is 0 Å². The molecule has 0 saturated heterocycles. The summed E-state index contributed by atoms with van der Waals surface area (Å²) in [5.41, 5.74) is 0. The zero-order chi connectivity index (χ0) is 13.9. The summed E-state index contributed by atoms with van der Waals surface area (Å²) in [6.07, 6.45) is 14.1. The maximum Gasteiger partial charge on any atom is 0.00977 e. The van der Waals surface area contributed by atoms with Crippen LogP contribution in [0.4, 0.5) is 0 Å². The normalized spacial score (nSPS) is 20.4. The van der Waals surface area contributed by atoms with Gasteiger partial charge in [0, 0.05) is 12.1 Å². The Morgan fingerprint density at radius 2 is 1.79 bits per heavy atom. The fourth-order valence-corrected chi connectivity index (χ4v) is 3.32. The average molecular weight is 268 g/mol. The molecule has 1 rings (SSSR count). The number of hydrogen-bond acceptors (Lipinski definition) is 2. The van der Waals surface area contributed by atoms with Crippen molar-refractivity contribution in [2.45, 2.75) is 90.1 Å². The fourth-order valence-electron chi connectivity index (χ4n) is 3.32. The van der Waals surface area contributed by atoms with Gasteiger partial charge in [0.2, 0.25) is 0 Å². The van der Waals surface area contributed by atoms with Gasteiger partial charge < -0.3 is 10.6 Å². The lowest BCUT2D eigenvalue weighted by Crippen LogP contribution is -2.42. The van der Waals surface area contributed by atoms with E-state index in [1.165, 1.54) is 70.8 Å². The smallest absolute Gasteiger partial charge is 0.00977 e. The third-order valence-electron chi connectivity index (χ3n) is 4.77. The molecule has 0 bridgehead atoms. The van der Waals surface area contributed by atoms with Crippen molar-refractivity contribution < 1.29 is 0 Å². The minimum atomic E-state index is 0.684. The van der Waals surface area contributed by atoms with Crippen molar-refractivity contribution in [2.75, 3.05) is 13.6 Å². The number of rotatable bonds is 10. The van der Waals surface area contributed by atoms with Crippen LogP contribution in [0.5, 0.6) is 0 Å². The first-order valence-electron chi connectivity index (χ1n) is 8.68. The molecular formula is C17H36N2. The Bertz CT molecular complexity index is 199. The lowest BCUT2D eigenvalue weighted by molar-refractivity contribution is 0.238. The molecular weight excluding hydrogens is 232 g/mol. The second kappa shape index (κ2) is 10.7. The third-order valence-corrected chi connectivity index (χ3v) is 4.77. The predicted molar refractivity (Wildman–Crippen MR) is 85.6 cm³/mol. The van der Waals surface area contributed by atoms with Crippen molar-refractivity contribution in [3.63, 3.8) is 0 Å². The molecule has 2 heteroatoms. The number of nitrogens with one attached hydrogen (secondary N) is 2. The Hall–Kier alpha value is -0.0800. The van der Waals surface area contributed by atoms with Gasteiger partial charge in [0.05, 0.1) is 0 Å². The second-order valence-corrected chi connectivity index (χ2v) is 6.43. The summed E-state index contributed by atoms with van der Waals surface area (Å²) in [7, 11) is 2.05. The van der Waals surface area contributed by atoms with Crippen LogP contribution in [-0.4, -0.2) is 25.7 Å². The molecule has 114 valence electrons. The van der Waals surface area contributed by atoms with Gasteiger partial charge in [-0.1, -0.05) is 39.0 Å². The molecule has 0 aliphatic heterocycles. The van der Waals surface area contributed by atoms with E-state index in [2.05, 4.69) is 31.5 Å². The lowest BCUT2D eigenvalue weighted by atomic mass is 9.81. The van der Waals surface area contributed by atoms with Crippen LogP contribution in [0, 0.1) is 5.92 Å². The molecule has 0 spiro atoms. The third kappa shape index (κ3) is 7.31. The van der Waals surface area contributed by atoms with Crippen molar-refractivity contribution >= 4 is 0 Å². The topological polar surface area (TPSA) is 24.1 Å². The van der Waals surface area contributed by atoms with Crippen molar-refractivity contribution in [2.24, 2.45) is 5.92 Å². The Labute approximate surface area is 121 Å². The van der Waals surface area contributed by atoms with E-state index in [9.17, 15) is 0 Å². The summed E-state index contributed by atoms with van der Waals surface area (Å²) in [4.78, 5) is 0. The Morgan fingerprint density at radius 3 is 2.42 bits per heavy atom. The van der Waals surface area contributed by atoms with Crippen LogP contribution in [0.3, 0.4) is 0 Å². The van der Waals surface area contributed by atoms with Crippen LogP contribution < -0.4 is 10.6 Å². The van der Waals surface area contributed by atoms with Crippen LogP contribution in [-0.2, 0) is 0 Å². The van der Waals surface area contributed by atoms with E-state index in [1.54, 1.807) is 0 Å². The van der Waals surface area contributed by atoms with Gasteiger partial charge in [-0.15, -0.1) is 0 Å². The van der Waals surface area contributed by atoms with Gasteiger partial charge in [-0.25, -0.2) is 0 Å². The van der Waals surface area contributed by atoms with E-state index >= 15 is 0 Å². The minimum Gasteiger partial charge on any atom is -0.320 e. The van der Waals surface area contributed by atoms with Crippen molar-refractivity contribution in [3.8, 4) is 0 Å². The highest BCUT2D eigenvalue weighted by Crippen LogP contribution is 2.29. The van der Waals surface area contributed by atoms with Gasteiger partial charge in [-0.3, -0.25) is 0 Å². The lowest BCUT2D eigenvalue weighted by Gasteiger charge is -2.33. The molecule has 2 nitrogen and oxygen atoms in total. The molecule has 2 atom stereocenters. The van der Waals surface area contributed by atoms with Crippen molar-refractivity contribution in [3.05, 3.63) is 0 Å². The monoisotopic (exact) mass is 268 g/mol.